The smallest absolute Gasteiger partial charge is 0.0629 e. The second-order valence-electron chi connectivity index (χ2n) is 1.70. The molecule has 1 N–H and O–H groups in total. The molecule has 2 nitrogen and oxygen atoms in total. The fourth-order valence-electron chi connectivity index (χ4n) is 0.616. The summed E-state index contributed by atoms with van der Waals surface area (Å²) in [6.45, 7) is 0.0954. The van der Waals surface area contributed by atoms with Gasteiger partial charge in [0.1, 0.15) is 0 Å². The van der Waals surface area contributed by atoms with Crippen molar-refractivity contribution in [2.24, 2.45) is 0 Å². The molecule has 0 radical (unpaired) electrons. The second kappa shape index (κ2) is 3.10. The van der Waals surface area contributed by atoms with Crippen LogP contribution in [0.15, 0.2) is 30.6 Å². The van der Waals surface area contributed by atoms with Crippen molar-refractivity contribution in [3.63, 3.8) is 0 Å². The van der Waals surface area contributed by atoms with Gasteiger partial charge in [0.05, 0.1) is 6.61 Å². The summed E-state index contributed by atoms with van der Waals surface area (Å²) in [5.41, 5.74) is 0. The van der Waals surface area contributed by atoms with Crippen LogP contribution in [-0.4, -0.2) is 16.3 Å². The summed E-state index contributed by atoms with van der Waals surface area (Å²) in [4.78, 5) is 0. The zero-order valence-electron chi connectivity index (χ0n) is 5.07. The van der Waals surface area contributed by atoms with Crippen LogP contribution in [0.2, 0.25) is 0 Å². The molecular formula is C7H9NO. The fraction of sp³-hybridized carbons (Fsp3) is 0.143. The Bertz CT molecular complexity index is 177. The Balaban J connectivity index is 2.57. The molecule has 1 rings (SSSR count). The maximum absolute atomic E-state index is 8.36. The Morgan fingerprint density at radius 3 is 2.56 bits per heavy atom. The molecule has 0 saturated carbocycles. The minimum atomic E-state index is 0.0954. The molecule has 0 spiro atoms. The Kier molecular flexibility index (Phi) is 2.10. The third kappa shape index (κ3) is 1.74. The van der Waals surface area contributed by atoms with E-state index in [-0.39, 0.29) is 6.61 Å². The van der Waals surface area contributed by atoms with Crippen molar-refractivity contribution in [2.75, 3.05) is 6.61 Å². The lowest BCUT2D eigenvalue weighted by atomic mass is 10.6. The molecule has 2 heteroatoms. The summed E-state index contributed by atoms with van der Waals surface area (Å²) in [6.07, 6.45) is 7.30. The van der Waals surface area contributed by atoms with E-state index in [2.05, 4.69) is 0 Å². The lowest BCUT2D eigenvalue weighted by Gasteiger charge is -1.87. The van der Waals surface area contributed by atoms with Crippen LogP contribution in [0.5, 0.6) is 0 Å². The number of rotatable bonds is 2. The Hall–Kier alpha value is -1.02. The van der Waals surface area contributed by atoms with Gasteiger partial charge in [-0.15, -0.1) is 0 Å². The summed E-state index contributed by atoms with van der Waals surface area (Å²) >= 11 is 0. The first-order chi connectivity index (χ1) is 4.43. The van der Waals surface area contributed by atoms with Crippen LogP contribution in [0.4, 0.5) is 0 Å². The molecule has 0 unspecified atom stereocenters. The molecule has 0 aliphatic rings. The van der Waals surface area contributed by atoms with E-state index in [9.17, 15) is 0 Å². The molecule has 0 amide bonds. The molecule has 1 aromatic rings. The van der Waals surface area contributed by atoms with E-state index in [1.165, 1.54) is 0 Å². The van der Waals surface area contributed by atoms with E-state index in [1.54, 1.807) is 12.3 Å². The molecule has 1 heterocycles. The molecular weight excluding hydrogens is 114 g/mol. The van der Waals surface area contributed by atoms with Gasteiger partial charge in [0.15, 0.2) is 0 Å². The highest BCUT2D eigenvalue weighted by molar-refractivity contribution is 5.22. The van der Waals surface area contributed by atoms with Gasteiger partial charge >= 0.3 is 0 Å². The number of hydrogen-bond donors (Lipinski definition) is 1. The van der Waals surface area contributed by atoms with Crippen molar-refractivity contribution >= 4 is 6.20 Å². The van der Waals surface area contributed by atoms with Gasteiger partial charge in [-0.25, -0.2) is 0 Å². The first kappa shape index (κ1) is 6.11. The Morgan fingerprint density at radius 2 is 2.00 bits per heavy atom. The summed E-state index contributed by atoms with van der Waals surface area (Å²) in [6, 6.07) is 3.86. The standard InChI is InChI=1S/C7H9NO/c9-7-3-6-8-4-1-2-5-8/h1-6,9H,7H2. The van der Waals surface area contributed by atoms with Crippen molar-refractivity contribution in [2.45, 2.75) is 0 Å². The Labute approximate surface area is 54.0 Å². The van der Waals surface area contributed by atoms with Gasteiger partial charge in [-0.05, 0) is 18.2 Å². The van der Waals surface area contributed by atoms with Gasteiger partial charge in [0.2, 0.25) is 0 Å². The maximum Gasteiger partial charge on any atom is 0.0629 e. The highest BCUT2D eigenvalue weighted by atomic mass is 16.2. The lowest BCUT2D eigenvalue weighted by Crippen LogP contribution is -1.79. The molecule has 0 aliphatic carbocycles. The molecule has 9 heavy (non-hydrogen) atoms. The first-order valence-corrected chi connectivity index (χ1v) is 2.83. The molecule has 0 atom stereocenters. The summed E-state index contributed by atoms with van der Waals surface area (Å²) in [5, 5.41) is 8.36. The van der Waals surface area contributed by atoms with Crippen LogP contribution in [0.25, 0.3) is 6.20 Å². The predicted molar refractivity (Wildman–Crippen MR) is 36.8 cm³/mol. The van der Waals surface area contributed by atoms with Crippen LogP contribution >= 0.6 is 0 Å². The molecule has 0 saturated heterocycles. The summed E-state index contributed by atoms with van der Waals surface area (Å²) < 4.78 is 1.87. The van der Waals surface area contributed by atoms with E-state index < -0.39 is 0 Å². The zero-order chi connectivity index (χ0) is 6.53. The van der Waals surface area contributed by atoms with Gasteiger partial charge in [-0.3, -0.25) is 0 Å². The van der Waals surface area contributed by atoms with E-state index in [0.717, 1.165) is 0 Å². The number of hydrogen-bond acceptors (Lipinski definition) is 1. The van der Waals surface area contributed by atoms with Gasteiger partial charge in [0.25, 0.3) is 0 Å². The van der Waals surface area contributed by atoms with Crippen LogP contribution in [0.1, 0.15) is 0 Å². The van der Waals surface area contributed by atoms with Crippen molar-refractivity contribution in [1.82, 2.24) is 4.57 Å². The average molecular weight is 123 g/mol. The van der Waals surface area contributed by atoms with Gasteiger partial charge in [0, 0.05) is 18.6 Å². The van der Waals surface area contributed by atoms with Gasteiger partial charge in [-0.2, -0.15) is 0 Å². The molecule has 0 fully saturated rings. The third-order valence-electron chi connectivity index (χ3n) is 1.01. The average Bonchev–Trinajstić information content (AvgIpc) is 2.34. The molecule has 0 aromatic carbocycles. The van der Waals surface area contributed by atoms with Gasteiger partial charge in [-0.1, -0.05) is 0 Å². The van der Waals surface area contributed by atoms with E-state index >= 15 is 0 Å². The van der Waals surface area contributed by atoms with E-state index in [1.807, 2.05) is 29.1 Å². The topological polar surface area (TPSA) is 25.2 Å². The molecule has 48 valence electrons. The SMILES string of the molecule is OCC=Cn1cccc1. The second-order valence-corrected chi connectivity index (χ2v) is 1.70. The number of nitrogens with zero attached hydrogens (tertiary/aromatic N) is 1. The Morgan fingerprint density at radius 1 is 1.33 bits per heavy atom. The van der Waals surface area contributed by atoms with Crippen molar-refractivity contribution in [3.05, 3.63) is 30.6 Å². The minimum Gasteiger partial charge on any atom is -0.392 e. The number of aliphatic hydroxyl groups excluding tert-OH is 1. The normalized spacial score (nSPS) is 10.8. The highest BCUT2D eigenvalue weighted by Crippen LogP contribution is 1.89. The number of aromatic nitrogens is 1. The summed E-state index contributed by atoms with van der Waals surface area (Å²) in [7, 11) is 0. The third-order valence-corrected chi connectivity index (χ3v) is 1.01. The van der Waals surface area contributed by atoms with Crippen molar-refractivity contribution in [3.8, 4) is 0 Å². The van der Waals surface area contributed by atoms with Crippen LogP contribution in [0.3, 0.4) is 0 Å². The lowest BCUT2D eigenvalue weighted by molar-refractivity contribution is 0.343. The van der Waals surface area contributed by atoms with Crippen molar-refractivity contribution < 1.29 is 5.11 Å². The zero-order valence-corrected chi connectivity index (χ0v) is 5.07. The molecule has 0 bridgehead atoms. The molecule has 0 aliphatic heterocycles. The van der Waals surface area contributed by atoms with Crippen LogP contribution in [-0.2, 0) is 0 Å². The quantitative estimate of drug-likeness (QED) is 0.622. The van der Waals surface area contributed by atoms with Gasteiger partial charge < -0.3 is 9.67 Å². The fourth-order valence-corrected chi connectivity index (χ4v) is 0.616. The van der Waals surface area contributed by atoms with Crippen molar-refractivity contribution in [1.29, 1.82) is 0 Å². The summed E-state index contributed by atoms with van der Waals surface area (Å²) in [5.74, 6) is 0. The van der Waals surface area contributed by atoms with E-state index in [4.69, 9.17) is 5.11 Å². The molecule has 1 aromatic heterocycles. The monoisotopic (exact) mass is 123 g/mol. The van der Waals surface area contributed by atoms with E-state index in [0.29, 0.717) is 0 Å². The largest absolute Gasteiger partial charge is 0.392 e. The van der Waals surface area contributed by atoms with Crippen LogP contribution in [0, 0.1) is 0 Å². The van der Waals surface area contributed by atoms with Crippen LogP contribution < -0.4 is 0 Å². The predicted octanol–water partition coefficient (Wildman–Crippen LogP) is 0.951. The first-order valence-electron chi connectivity index (χ1n) is 2.83. The highest BCUT2D eigenvalue weighted by Gasteiger charge is 1.75. The number of aliphatic hydroxyl groups is 1. The maximum atomic E-state index is 8.36. The minimum absolute atomic E-state index is 0.0954.